The van der Waals surface area contributed by atoms with Crippen LogP contribution in [0.1, 0.15) is 24.5 Å². The molecule has 0 unspecified atom stereocenters. The number of halogens is 1. The highest BCUT2D eigenvalue weighted by molar-refractivity contribution is 5.52. The summed E-state index contributed by atoms with van der Waals surface area (Å²) in [6, 6.07) is 6.03. The Morgan fingerprint density at radius 1 is 1.20 bits per heavy atom. The smallest absolute Gasteiger partial charge is 0.247 e. The van der Waals surface area contributed by atoms with Gasteiger partial charge in [-0.25, -0.2) is 4.39 Å². The standard InChI is InChI=1S/C16H18FN5O3/c1-3-22(8-14-18-13(10-23-2)21-25-14)9-15-19-20-16(24-15)11-5-4-6-12(17)7-11/h4-7H,3,8-10H2,1-2H3. The van der Waals surface area contributed by atoms with E-state index in [1.54, 1.807) is 19.2 Å². The zero-order valence-electron chi connectivity index (χ0n) is 14.0. The number of hydrogen-bond acceptors (Lipinski definition) is 8. The molecule has 0 aliphatic heterocycles. The van der Waals surface area contributed by atoms with Gasteiger partial charge in [0.1, 0.15) is 12.4 Å². The molecule has 0 bridgehead atoms. The Kier molecular flexibility index (Phi) is 5.46. The van der Waals surface area contributed by atoms with Crippen LogP contribution in [0.15, 0.2) is 33.2 Å². The van der Waals surface area contributed by atoms with Crippen LogP contribution >= 0.6 is 0 Å². The number of ether oxygens (including phenoxy) is 1. The second-order valence-corrected chi connectivity index (χ2v) is 5.35. The van der Waals surface area contributed by atoms with Gasteiger partial charge >= 0.3 is 0 Å². The van der Waals surface area contributed by atoms with Crippen LogP contribution in [0.3, 0.4) is 0 Å². The zero-order valence-corrected chi connectivity index (χ0v) is 14.0. The van der Waals surface area contributed by atoms with Gasteiger partial charge in [-0.1, -0.05) is 18.1 Å². The maximum absolute atomic E-state index is 13.3. The molecule has 0 radical (unpaired) electrons. The molecule has 3 aromatic rings. The Balaban J connectivity index is 1.65. The normalized spacial score (nSPS) is 11.4. The molecule has 0 N–H and O–H groups in total. The summed E-state index contributed by atoms with van der Waals surface area (Å²) in [4.78, 5) is 6.25. The molecule has 3 rings (SSSR count). The maximum Gasteiger partial charge on any atom is 0.247 e. The number of benzene rings is 1. The fourth-order valence-electron chi connectivity index (χ4n) is 2.26. The highest BCUT2D eigenvalue weighted by atomic mass is 19.1. The molecule has 0 saturated heterocycles. The summed E-state index contributed by atoms with van der Waals surface area (Å²) in [7, 11) is 1.57. The minimum atomic E-state index is -0.351. The molecule has 0 aliphatic carbocycles. The number of aromatic nitrogens is 4. The lowest BCUT2D eigenvalue weighted by molar-refractivity contribution is 0.174. The summed E-state index contributed by atoms with van der Waals surface area (Å²) in [5.41, 5.74) is 0.544. The highest BCUT2D eigenvalue weighted by Gasteiger charge is 2.15. The Hall–Kier alpha value is -2.65. The third-order valence-corrected chi connectivity index (χ3v) is 3.49. The zero-order chi connectivity index (χ0) is 17.6. The number of hydrogen-bond donors (Lipinski definition) is 0. The molecule has 0 atom stereocenters. The van der Waals surface area contributed by atoms with Crippen molar-refractivity contribution in [1.82, 2.24) is 25.2 Å². The van der Waals surface area contributed by atoms with Crippen LogP contribution in [-0.2, 0) is 24.4 Å². The summed E-state index contributed by atoms with van der Waals surface area (Å²) in [6.07, 6.45) is 0. The van der Waals surface area contributed by atoms with Crippen molar-refractivity contribution in [1.29, 1.82) is 0 Å². The molecule has 0 amide bonds. The largest absolute Gasteiger partial charge is 0.419 e. The van der Waals surface area contributed by atoms with Crippen molar-refractivity contribution in [3.05, 3.63) is 47.7 Å². The molecule has 9 heteroatoms. The van der Waals surface area contributed by atoms with Gasteiger partial charge in [-0.2, -0.15) is 4.98 Å². The van der Waals surface area contributed by atoms with Crippen molar-refractivity contribution < 1.29 is 18.1 Å². The Morgan fingerprint density at radius 2 is 2.04 bits per heavy atom. The van der Waals surface area contributed by atoms with E-state index in [9.17, 15) is 4.39 Å². The predicted octanol–water partition coefficient (Wildman–Crippen LogP) is 2.43. The van der Waals surface area contributed by atoms with Gasteiger partial charge in [0, 0.05) is 12.7 Å². The monoisotopic (exact) mass is 347 g/mol. The third-order valence-electron chi connectivity index (χ3n) is 3.49. The average Bonchev–Trinajstić information content (AvgIpc) is 3.24. The van der Waals surface area contributed by atoms with Crippen LogP contribution < -0.4 is 0 Å². The number of rotatable bonds is 8. The van der Waals surface area contributed by atoms with E-state index < -0.39 is 0 Å². The van der Waals surface area contributed by atoms with Crippen molar-refractivity contribution in [3.63, 3.8) is 0 Å². The summed E-state index contributed by atoms with van der Waals surface area (Å²) in [6.45, 7) is 3.89. The van der Waals surface area contributed by atoms with Gasteiger partial charge in [-0.3, -0.25) is 4.90 Å². The lowest BCUT2D eigenvalue weighted by Crippen LogP contribution is -2.22. The van der Waals surface area contributed by atoms with Gasteiger partial charge in [0.25, 0.3) is 0 Å². The van der Waals surface area contributed by atoms with Crippen LogP contribution in [0, 0.1) is 5.82 Å². The summed E-state index contributed by atoms with van der Waals surface area (Å²) < 4.78 is 29.1. The Bertz CT molecular complexity index is 819. The van der Waals surface area contributed by atoms with Gasteiger partial charge in [0.05, 0.1) is 13.1 Å². The van der Waals surface area contributed by atoms with Crippen molar-refractivity contribution in [2.45, 2.75) is 26.6 Å². The predicted molar refractivity (Wildman–Crippen MR) is 84.5 cm³/mol. The van der Waals surface area contributed by atoms with Gasteiger partial charge in [-0.15, -0.1) is 10.2 Å². The van der Waals surface area contributed by atoms with Crippen LogP contribution in [0.25, 0.3) is 11.5 Å². The van der Waals surface area contributed by atoms with E-state index in [-0.39, 0.29) is 11.7 Å². The molecule has 0 aliphatic rings. The van der Waals surface area contributed by atoms with E-state index in [2.05, 4.69) is 20.3 Å². The third kappa shape index (κ3) is 4.46. The lowest BCUT2D eigenvalue weighted by Gasteiger charge is -2.15. The Labute approximate surface area is 143 Å². The highest BCUT2D eigenvalue weighted by Crippen LogP contribution is 2.19. The van der Waals surface area contributed by atoms with E-state index in [4.69, 9.17) is 13.7 Å². The van der Waals surface area contributed by atoms with E-state index >= 15 is 0 Å². The second-order valence-electron chi connectivity index (χ2n) is 5.35. The van der Waals surface area contributed by atoms with Crippen LogP contribution in [0.5, 0.6) is 0 Å². The first-order chi connectivity index (χ1) is 12.2. The molecule has 8 nitrogen and oxygen atoms in total. The summed E-state index contributed by atoms with van der Waals surface area (Å²) >= 11 is 0. The van der Waals surface area contributed by atoms with Gasteiger partial charge in [0.15, 0.2) is 5.82 Å². The van der Waals surface area contributed by atoms with Crippen molar-refractivity contribution in [3.8, 4) is 11.5 Å². The topological polar surface area (TPSA) is 90.3 Å². The van der Waals surface area contributed by atoms with Crippen LogP contribution in [-0.4, -0.2) is 38.9 Å². The molecule has 0 spiro atoms. The van der Waals surface area contributed by atoms with E-state index in [1.807, 2.05) is 11.8 Å². The Morgan fingerprint density at radius 3 is 2.80 bits per heavy atom. The molecule has 0 fully saturated rings. The SMILES string of the molecule is CCN(Cc1nc(COC)no1)Cc1nnc(-c2cccc(F)c2)o1. The van der Waals surface area contributed by atoms with E-state index in [0.29, 0.717) is 42.9 Å². The molecule has 1 aromatic carbocycles. The molecular formula is C16H18FN5O3. The molecule has 132 valence electrons. The minimum Gasteiger partial charge on any atom is -0.419 e. The van der Waals surface area contributed by atoms with Crippen molar-refractivity contribution >= 4 is 0 Å². The van der Waals surface area contributed by atoms with Crippen LogP contribution in [0.2, 0.25) is 0 Å². The molecule has 2 aromatic heterocycles. The lowest BCUT2D eigenvalue weighted by atomic mass is 10.2. The fourth-order valence-corrected chi connectivity index (χ4v) is 2.26. The fraction of sp³-hybridized carbons (Fsp3) is 0.375. The number of methoxy groups -OCH3 is 1. The quantitative estimate of drug-likeness (QED) is 0.614. The molecule has 2 heterocycles. The molecule has 25 heavy (non-hydrogen) atoms. The minimum absolute atomic E-state index is 0.283. The molecule has 0 saturated carbocycles. The first kappa shape index (κ1) is 17.2. The molecular weight excluding hydrogens is 329 g/mol. The van der Waals surface area contributed by atoms with Crippen molar-refractivity contribution in [2.24, 2.45) is 0 Å². The second kappa shape index (κ2) is 7.95. The first-order valence-electron chi connectivity index (χ1n) is 7.79. The maximum atomic E-state index is 13.3. The summed E-state index contributed by atoms with van der Waals surface area (Å²) in [5.74, 6) is 1.35. The van der Waals surface area contributed by atoms with Gasteiger partial charge in [-0.05, 0) is 24.7 Å². The van der Waals surface area contributed by atoms with E-state index in [0.717, 1.165) is 6.54 Å². The van der Waals surface area contributed by atoms with E-state index in [1.165, 1.54) is 12.1 Å². The summed E-state index contributed by atoms with van der Waals surface area (Å²) in [5, 5.41) is 11.8. The average molecular weight is 347 g/mol. The van der Waals surface area contributed by atoms with Crippen molar-refractivity contribution in [2.75, 3.05) is 13.7 Å². The van der Waals surface area contributed by atoms with Crippen LogP contribution in [0.4, 0.5) is 4.39 Å². The van der Waals surface area contributed by atoms with Gasteiger partial charge < -0.3 is 13.7 Å². The van der Waals surface area contributed by atoms with Gasteiger partial charge in [0.2, 0.25) is 17.7 Å². The number of nitrogens with zero attached hydrogens (tertiary/aromatic N) is 5. The first-order valence-corrected chi connectivity index (χ1v) is 7.79.